The average Bonchev–Trinajstić information content (AvgIpc) is 2.18. The summed E-state index contributed by atoms with van der Waals surface area (Å²) in [5.74, 6) is -5.51. The highest BCUT2D eigenvalue weighted by molar-refractivity contribution is 5.76. The Morgan fingerprint density at radius 1 is 1.47 bits per heavy atom. The lowest BCUT2D eigenvalue weighted by Crippen LogP contribution is -2.14. The second-order valence-corrected chi connectivity index (χ2v) is 3.09. The van der Waals surface area contributed by atoms with E-state index < -0.39 is 34.8 Å². The minimum absolute atomic E-state index is 0.0482. The van der Waals surface area contributed by atoms with E-state index in [1.807, 2.05) is 0 Å². The van der Waals surface area contributed by atoms with Gasteiger partial charge < -0.3 is 10.2 Å². The highest BCUT2D eigenvalue weighted by atomic mass is 19.1. The van der Waals surface area contributed by atoms with Gasteiger partial charge in [-0.2, -0.15) is 0 Å². The third-order valence-electron chi connectivity index (χ3n) is 2.16. The molecule has 0 saturated carbocycles. The molecule has 82 valence electrons. The molecule has 0 aliphatic heterocycles. The third kappa shape index (κ3) is 2.06. The van der Waals surface area contributed by atoms with E-state index in [0.29, 0.717) is 0 Å². The van der Waals surface area contributed by atoms with Crippen molar-refractivity contribution in [1.29, 1.82) is 0 Å². The SMILES string of the molecule is CCC(C(=O)O)c1c(F)ccc(O)c1F. The van der Waals surface area contributed by atoms with Gasteiger partial charge in [0.15, 0.2) is 11.6 Å². The van der Waals surface area contributed by atoms with Crippen molar-refractivity contribution in [2.24, 2.45) is 0 Å². The number of hydrogen-bond acceptors (Lipinski definition) is 2. The van der Waals surface area contributed by atoms with E-state index in [9.17, 15) is 13.6 Å². The Labute approximate surface area is 85.0 Å². The summed E-state index contributed by atoms with van der Waals surface area (Å²) >= 11 is 0. The van der Waals surface area contributed by atoms with Crippen LogP contribution in [0.3, 0.4) is 0 Å². The van der Waals surface area contributed by atoms with Crippen LogP contribution in [-0.4, -0.2) is 16.2 Å². The van der Waals surface area contributed by atoms with E-state index in [1.165, 1.54) is 6.92 Å². The summed E-state index contributed by atoms with van der Waals surface area (Å²) in [4.78, 5) is 10.7. The summed E-state index contributed by atoms with van der Waals surface area (Å²) in [6, 6.07) is 1.70. The summed E-state index contributed by atoms with van der Waals surface area (Å²) in [6.07, 6.45) is 0.0482. The van der Waals surface area contributed by atoms with Gasteiger partial charge in [-0.15, -0.1) is 0 Å². The predicted octanol–water partition coefficient (Wildman–Crippen LogP) is 2.25. The molecule has 1 unspecified atom stereocenters. The smallest absolute Gasteiger partial charge is 0.311 e. The lowest BCUT2D eigenvalue weighted by molar-refractivity contribution is -0.139. The van der Waals surface area contributed by atoms with Gasteiger partial charge in [0.25, 0.3) is 0 Å². The fourth-order valence-corrected chi connectivity index (χ4v) is 1.38. The summed E-state index contributed by atoms with van der Waals surface area (Å²) in [7, 11) is 0. The number of aliphatic carboxylic acids is 1. The van der Waals surface area contributed by atoms with Crippen LogP contribution in [0.4, 0.5) is 8.78 Å². The third-order valence-corrected chi connectivity index (χ3v) is 2.16. The standard InChI is InChI=1S/C10H10F2O3/c1-2-5(10(14)15)8-6(11)3-4-7(13)9(8)12/h3-5,13H,2H2,1H3,(H,14,15). The second kappa shape index (κ2) is 4.25. The van der Waals surface area contributed by atoms with E-state index in [1.54, 1.807) is 0 Å². The van der Waals surface area contributed by atoms with Crippen molar-refractivity contribution in [2.45, 2.75) is 19.3 Å². The van der Waals surface area contributed by atoms with Crippen molar-refractivity contribution in [3.63, 3.8) is 0 Å². The fraction of sp³-hybridized carbons (Fsp3) is 0.300. The number of carboxylic acid groups (broad SMARTS) is 1. The molecule has 1 aromatic rings. The van der Waals surface area contributed by atoms with Crippen LogP contribution < -0.4 is 0 Å². The minimum Gasteiger partial charge on any atom is -0.505 e. The molecule has 0 aliphatic carbocycles. The average molecular weight is 216 g/mol. The van der Waals surface area contributed by atoms with Crippen molar-refractivity contribution in [2.75, 3.05) is 0 Å². The molecular weight excluding hydrogens is 206 g/mol. The minimum atomic E-state index is -1.32. The van der Waals surface area contributed by atoms with Gasteiger partial charge >= 0.3 is 5.97 Å². The molecule has 1 aromatic carbocycles. The molecule has 15 heavy (non-hydrogen) atoms. The quantitative estimate of drug-likeness (QED) is 0.814. The maximum atomic E-state index is 13.3. The molecule has 0 fully saturated rings. The fourth-order valence-electron chi connectivity index (χ4n) is 1.38. The molecule has 1 atom stereocenters. The molecule has 2 N–H and O–H groups in total. The molecular formula is C10H10F2O3. The van der Waals surface area contributed by atoms with Gasteiger partial charge in [0, 0.05) is 5.56 Å². The molecule has 0 spiro atoms. The van der Waals surface area contributed by atoms with Crippen molar-refractivity contribution in [3.05, 3.63) is 29.3 Å². The van der Waals surface area contributed by atoms with Crippen molar-refractivity contribution < 1.29 is 23.8 Å². The van der Waals surface area contributed by atoms with Crippen LogP contribution in [0, 0.1) is 11.6 Å². The van der Waals surface area contributed by atoms with Gasteiger partial charge in [-0.1, -0.05) is 6.92 Å². The number of aromatic hydroxyl groups is 1. The summed E-state index contributed by atoms with van der Waals surface area (Å²) in [5.41, 5.74) is -0.593. The van der Waals surface area contributed by atoms with E-state index in [0.717, 1.165) is 12.1 Å². The Bertz CT molecular complexity index is 390. The van der Waals surface area contributed by atoms with E-state index in [-0.39, 0.29) is 6.42 Å². The van der Waals surface area contributed by atoms with Gasteiger partial charge in [0.2, 0.25) is 0 Å². The van der Waals surface area contributed by atoms with Crippen LogP contribution in [0.25, 0.3) is 0 Å². The van der Waals surface area contributed by atoms with E-state index >= 15 is 0 Å². The molecule has 0 aromatic heterocycles. The first kappa shape index (κ1) is 11.4. The summed E-state index contributed by atoms with van der Waals surface area (Å²) in [6.45, 7) is 1.50. The second-order valence-electron chi connectivity index (χ2n) is 3.09. The topological polar surface area (TPSA) is 57.5 Å². The number of carboxylic acids is 1. The number of halogens is 2. The molecule has 0 radical (unpaired) electrons. The van der Waals surface area contributed by atoms with Crippen LogP contribution in [0.5, 0.6) is 5.75 Å². The lowest BCUT2D eigenvalue weighted by atomic mass is 9.95. The van der Waals surface area contributed by atoms with Crippen LogP contribution in [0.2, 0.25) is 0 Å². The van der Waals surface area contributed by atoms with Crippen molar-refractivity contribution in [3.8, 4) is 5.75 Å². The first-order valence-electron chi connectivity index (χ1n) is 4.38. The van der Waals surface area contributed by atoms with Gasteiger partial charge in [0.05, 0.1) is 5.92 Å². The highest BCUT2D eigenvalue weighted by Gasteiger charge is 2.26. The molecule has 1 rings (SSSR count). The molecule has 0 bridgehead atoms. The van der Waals surface area contributed by atoms with Gasteiger partial charge in [-0.3, -0.25) is 4.79 Å². The Morgan fingerprint density at radius 3 is 2.53 bits per heavy atom. The zero-order valence-corrected chi connectivity index (χ0v) is 8.00. The number of carbonyl (C=O) groups is 1. The number of hydrogen-bond donors (Lipinski definition) is 2. The van der Waals surface area contributed by atoms with Crippen LogP contribution in [0.15, 0.2) is 12.1 Å². The van der Waals surface area contributed by atoms with Crippen LogP contribution >= 0.6 is 0 Å². The van der Waals surface area contributed by atoms with Gasteiger partial charge in [-0.05, 0) is 18.6 Å². The zero-order valence-electron chi connectivity index (χ0n) is 8.00. The highest BCUT2D eigenvalue weighted by Crippen LogP contribution is 2.30. The Hall–Kier alpha value is -1.65. The Balaban J connectivity index is 3.34. The Morgan fingerprint density at radius 2 is 2.07 bits per heavy atom. The van der Waals surface area contributed by atoms with Crippen molar-refractivity contribution >= 4 is 5.97 Å². The largest absolute Gasteiger partial charge is 0.505 e. The van der Waals surface area contributed by atoms with E-state index in [2.05, 4.69) is 0 Å². The molecule has 5 heteroatoms. The number of rotatable bonds is 3. The Kier molecular flexibility index (Phi) is 3.24. The summed E-state index contributed by atoms with van der Waals surface area (Å²) < 4.78 is 26.5. The lowest BCUT2D eigenvalue weighted by Gasteiger charge is -2.12. The predicted molar refractivity (Wildman–Crippen MR) is 48.7 cm³/mol. The number of benzene rings is 1. The molecule has 0 aliphatic rings. The molecule has 0 heterocycles. The summed E-state index contributed by atoms with van der Waals surface area (Å²) in [5, 5.41) is 17.8. The van der Waals surface area contributed by atoms with E-state index in [4.69, 9.17) is 10.2 Å². The first-order valence-corrected chi connectivity index (χ1v) is 4.38. The van der Waals surface area contributed by atoms with Crippen LogP contribution in [0.1, 0.15) is 24.8 Å². The monoisotopic (exact) mass is 216 g/mol. The molecule has 3 nitrogen and oxygen atoms in total. The maximum Gasteiger partial charge on any atom is 0.311 e. The molecule has 0 amide bonds. The zero-order chi connectivity index (χ0) is 11.6. The van der Waals surface area contributed by atoms with Crippen molar-refractivity contribution in [1.82, 2.24) is 0 Å². The number of phenolic OH excluding ortho intramolecular Hbond substituents is 1. The maximum absolute atomic E-state index is 13.3. The number of phenols is 1. The normalized spacial score (nSPS) is 12.5. The first-order chi connectivity index (χ1) is 6.99. The van der Waals surface area contributed by atoms with Gasteiger partial charge in [-0.25, -0.2) is 8.78 Å². The van der Waals surface area contributed by atoms with Crippen LogP contribution in [-0.2, 0) is 4.79 Å². The molecule has 0 saturated heterocycles. The van der Waals surface area contributed by atoms with Gasteiger partial charge in [0.1, 0.15) is 5.82 Å².